The van der Waals surface area contributed by atoms with E-state index < -0.39 is 17.8 Å². The van der Waals surface area contributed by atoms with Crippen LogP contribution in [0, 0.1) is 17.7 Å². The van der Waals surface area contributed by atoms with Gasteiger partial charge in [0.25, 0.3) is 0 Å². The Morgan fingerprint density at radius 2 is 2.29 bits per heavy atom. The highest BCUT2D eigenvalue weighted by Gasteiger charge is 2.47. The number of carbonyl (C=O) groups is 1. The van der Waals surface area contributed by atoms with E-state index in [0.717, 1.165) is 31.4 Å². The summed E-state index contributed by atoms with van der Waals surface area (Å²) in [5, 5.41) is 9.51. The van der Waals surface area contributed by atoms with Crippen molar-refractivity contribution in [2.45, 2.75) is 31.8 Å². The van der Waals surface area contributed by atoms with Gasteiger partial charge in [-0.2, -0.15) is 0 Å². The Kier molecular flexibility index (Phi) is 3.85. The molecule has 3 unspecified atom stereocenters. The van der Waals surface area contributed by atoms with E-state index in [0.29, 0.717) is 12.5 Å². The first-order valence-electron chi connectivity index (χ1n) is 7.39. The number of benzene rings is 1. The molecule has 1 aromatic carbocycles. The Hall–Kier alpha value is -1.62. The number of fused-ring (bicyclic) bond motifs is 1. The Balaban J connectivity index is 1.77. The van der Waals surface area contributed by atoms with Crippen molar-refractivity contribution < 1.29 is 19.0 Å². The second kappa shape index (κ2) is 5.64. The lowest BCUT2D eigenvalue weighted by Gasteiger charge is -2.24. The minimum absolute atomic E-state index is 0.215. The average Bonchev–Trinajstić information content (AvgIpc) is 2.98. The third-order valence-corrected chi connectivity index (χ3v) is 4.84. The molecule has 4 nitrogen and oxygen atoms in total. The van der Waals surface area contributed by atoms with Crippen LogP contribution in [0.5, 0.6) is 5.75 Å². The number of likely N-dealkylation sites (tertiary alicyclic amines) is 1. The maximum Gasteiger partial charge on any atom is 0.321 e. The standard InChI is InChI=1S/C16H20FNO3/c1-21-14-6-5-10(7-13(14)17)8-18-9-11-3-2-4-12(11)15(18)16(19)20/h5-7,11-12,15H,2-4,8-9H2,1H3,(H,19,20). The van der Waals surface area contributed by atoms with Crippen molar-refractivity contribution in [3.8, 4) is 5.75 Å². The first kappa shape index (κ1) is 14.3. The van der Waals surface area contributed by atoms with Gasteiger partial charge in [-0.15, -0.1) is 0 Å². The summed E-state index contributed by atoms with van der Waals surface area (Å²) in [5.41, 5.74) is 0.791. The van der Waals surface area contributed by atoms with Crippen LogP contribution in [0.3, 0.4) is 0 Å². The Morgan fingerprint density at radius 3 is 2.95 bits per heavy atom. The number of hydrogen-bond donors (Lipinski definition) is 1. The average molecular weight is 293 g/mol. The summed E-state index contributed by atoms with van der Waals surface area (Å²) in [6, 6.07) is 4.40. The normalized spacial score (nSPS) is 28.6. The molecule has 0 radical (unpaired) electrons. The molecule has 1 N–H and O–H groups in total. The fourth-order valence-corrected chi connectivity index (χ4v) is 3.94. The van der Waals surface area contributed by atoms with Crippen LogP contribution in [-0.2, 0) is 11.3 Å². The van der Waals surface area contributed by atoms with E-state index in [9.17, 15) is 14.3 Å². The van der Waals surface area contributed by atoms with Gasteiger partial charge in [-0.05, 0) is 42.4 Å². The predicted molar refractivity (Wildman–Crippen MR) is 75.6 cm³/mol. The molecule has 3 rings (SSSR count). The molecule has 2 fully saturated rings. The Labute approximate surface area is 123 Å². The van der Waals surface area contributed by atoms with E-state index in [1.165, 1.54) is 13.2 Å². The molecule has 1 aliphatic heterocycles. The molecule has 1 aliphatic carbocycles. The first-order chi connectivity index (χ1) is 10.1. The zero-order valence-electron chi connectivity index (χ0n) is 12.1. The van der Waals surface area contributed by atoms with Crippen LogP contribution in [0.25, 0.3) is 0 Å². The summed E-state index contributed by atoms with van der Waals surface area (Å²) < 4.78 is 18.7. The summed E-state index contributed by atoms with van der Waals surface area (Å²) >= 11 is 0. The first-order valence-corrected chi connectivity index (χ1v) is 7.39. The highest BCUT2D eigenvalue weighted by molar-refractivity contribution is 5.74. The summed E-state index contributed by atoms with van der Waals surface area (Å²) in [4.78, 5) is 13.6. The lowest BCUT2D eigenvalue weighted by Crippen LogP contribution is -2.39. The minimum Gasteiger partial charge on any atom is -0.494 e. The van der Waals surface area contributed by atoms with Crippen molar-refractivity contribution in [3.63, 3.8) is 0 Å². The van der Waals surface area contributed by atoms with Crippen LogP contribution in [0.15, 0.2) is 18.2 Å². The third kappa shape index (κ3) is 2.62. The Morgan fingerprint density at radius 1 is 1.48 bits per heavy atom. The van der Waals surface area contributed by atoms with Gasteiger partial charge in [0, 0.05) is 13.1 Å². The van der Waals surface area contributed by atoms with Crippen LogP contribution in [0.2, 0.25) is 0 Å². The highest BCUT2D eigenvalue weighted by atomic mass is 19.1. The number of rotatable bonds is 4. The molecule has 114 valence electrons. The van der Waals surface area contributed by atoms with Gasteiger partial charge < -0.3 is 9.84 Å². The van der Waals surface area contributed by atoms with Gasteiger partial charge in [-0.1, -0.05) is 12.5 Å². The predicted octanol–water partition coefficient (Wildman–Crippen LogP) is 2.52. The fraction of sp³-hybridized carbons (Fsp3) is 0.562. The summed E-state index contributed by atoms with van der Waals surface area (Å²) in [6.07, 6.45) is 3.24. The van der Waals surface area contributed by atoms with Gasteiger partial charge >= 0.3 is 5.97 Å². The maximum atomic E-state index is 13.8. The smallest absolute Gasteiger partial charge is 0.321 e. The third-order valence-electron chi connectivity index (χ3n) is 4.84. The molecular formula is C16H20FNO3. The van der Waals surface area contributed by atoms with Crippen molar-refractivity contribution >= 4 is 5.97 Å². The number of aliphatic carboxylic acids is 1. The number of ether oxygens (including phenoxy) is 1. The van der Waals surface area contributed by atoms with Crippen molar-refractivity contribution in [1.29, 1.82) is 0 Å². The van der Waals surface area contributed by atoms with Crippen LogP contribution < -0.4 is 4.74 Å². The second-order valence-electron chi connectivity index (χ2n) is 6.04. The second-order valence-corrected chi connectivity index (χ2v) is 6.04. The van der Waals surface area contributed by atoms with E-state index >= 15 is 0 Å². The van der Waals surface area contributed by atoms with Crippen molar-refractivity contribution in [2.24, 2.45) is 11.8 Å². The van der Waals surface area contributed by atoms with Crippen LogP contribution in [-0.4, -0.2) is 35.7 Å². The van der Waals surface area contributed by atoms with Gasteiger partial charge in [0.2, 0.25) is 0 Å². The molecular weight excluding hydrogens is 273 g/mol. The SMILES string of the molecule is COc1ccc(CN2CC3CCCC3C2C(=O)O)cc1F. The largest absolute Gasteiger partial charge is 0.494 e. The number of carboxylic acids is 1. The summed E-state index contributed by atoms with van der Waals surface area (Å²) in [6.45, 7) is 1.28. The minimum atomic E-state index is -0.751. The van der Waals surface area contributed by atoms with E-state index in [-0.39, 0.29) is 11.7 Å². The van der Waals surface area contributed by atoms with Crippen molar-refractivity contribution in [3.05, 3.63) is 29.6 Å². The molecule has 1 saturated carbocycles. The van der Waals surface area contributed by atoms with Gasteiger partial charge in [0.1, 0.15) is 6.04 Å². The molecule has 1 heterocycles. The fourth-order valence-electron chi connectivity index (χ4n) is 3.94. The summed E-state index contributed by atoms with van der Waals surface area (Å²) in [5.74, 6) is -0.203. The molecule has 1 saturated heterocycles. The molecule has 0 bridgehead atoms. The molecule has 0 spiro atoms. The van der Waals surface area contributed by atoms with E-state index in [1.54, 1.807) is 12.1 Å². The number of nitrogens with zero attached hydrogens (tertiary/aromatic N) is 1. The lowest BCUT2D eigenvalue weighted by atomic mass is 9.94. The van der Waals surface area contributed by atoms with Gasteiger partial charge in [0.15, 0.2) is 11.6 Å². The molecule has 5 heteroatoms. The number of carboxylic acid groups (broad SMARTS) is 1. The topological polar surface area (TPSA) is 49.8 Å². The molecule has 0 amide bonds. The molecule has 21 heavy (non-hydrogen) atoms. The van der Waals surface area contributed by atoms with E-state index in [1.807, 2.05) is 4.90 Å². The van der Waals surface area contributed by atoms with Crippen LogP contribution >= 0.6 is 0 Å². The van der Waals surface area contributed by atoms with Gasteiger partial charge in [-0.3, -0.25) is 9.69 Å². The van der Waals surface area contributed by atoms with Crippen LogP contribution in [0.4, 0.5) is 4.39 Å². The molecule has 0 aromatic heterocycles. The molecule has 1 aromatic rings. The van der Waals surface area contributed by atoms with Gasteiger partial charge in [0.05, 0.1) is 7.11 Å². The van der Waals surface area contributed by atoms with Crippen molar-refractivity contribution in [2.75, 3.05) is 13.7 Å². The van der Waals surface area contributed by atoms with Crippen molar-refractivity contribution in [1.82, 2.24) is 4.90 Å². The zero-order valence-corrected chi connectivity index (χ0v) is 12.1. The van der Waals surface area contributed by atoms with Gasteiger partial charge in [-0.25, -0.2) is 4.39 Å². The quantitative estimate of drug-likeness (QED) is 0.926. The Bertz CT molecular complexity index is 548. The maximum absolute atomic E-state index is 13.8. The molecule has 3 atom stereocenters. The monoisotopic (exact) mass is 293 g/mol. The lowest BCUT2D eigenvalue weighted by molar-refractivity contribution is -0.143. The van der Waals surface area contributed by atoms with Crippen LogP contribution in [0.1, 0.15) is 24.8 Å². The number of methoxy groups -OCH3 is 1. The highest BCUT2D eigenvalue weighted by Crippen LogP contribution is 2.42. The molecule has 2 aliphatic rings. The zero-order chi connectivity index (χ0) is 15.0. The number of halogens is 1. The van der Waals surface area contributed by atoms with E-state index in [2.05, 4.69) is 0 Å². The number of hydrogen-bond acceptors (Lipinski definition) is 3. The van der Waals surface area contributed by atoms with E-state index in [4.69, 9.17) is 4.74 Å². The summed E-state index contributed by atoms with van der Waals surface area (Å²) in [7, 11) is 1.43.